The van der Waals surface area contributed by atoms with Crippen LogP contribution in [0.2, 0.25) is 0 Å². The van der Waals surface area contributed by atoms with Gasteiger partial charge in [-0.2, -0.15) is 12.8 Å². The Morgan fingerprint density at radius 1 is 1.00 bits per heavy atom. The lowest BCUT2D eigenvalue weighted by atomic mass is 10.2. The Morgan fingerprint density at radius 3 is 2.26 bits per heavy atom. The molecule has 0 atom stereocenters. The molecule has 146 valence electrons. The molecule has 27 heavy (non-hydrogen) atoms. The van der Waals surface area contributed by atoms with E-state index in [-0.39, 0.29) is 4.90 Å². The smallest absolute Gasteiger partial charge is 0.281 e. The van der Waals surface area contributed by atoms with Crippen molar-refractivity contribution in [1.29, 1.82) is 0 Å². The Balaban J connectivity index is 2.14. The number of anilines is 1. The summed E-state index contributed by atoms with van der Waals surface area (Å²) in [6.07, 6.45) is 4.80. The highest BCUT2D eigenvalue weighted by molar-refractivity contribution is 7.92. The molecular weight excluding hydrogens is 364 g/mol. The number of sulfonamides is 1. The summed E-state index contributed by atoms with van der Waals surface area (Å²) in [4.78, 5) is 11.1. The lowest BCUT2D eigenvalue weighted by molar-refractivity contribution is -0.109. The average molecular weight is 391 g/mol. The number of nitrogens with zero attached hydrogens (tertiary/aromatic N) is 1. The van der Waals surface area contributed by atoms with Gasteiger partial charge in [-0.05, 0) is 49.7 Å². The Labute approximate surface area is 161 Å². The van der Waals surface area contributed by atoms with E-state index in [1.165, 1.54) is 25.0 Å². The molecule has 2 aromatic carbocycles. The number of nitrogens with one attached hydrogen (secondary N) is 1. The van der Waals surface area contributed by atoms with Gasteiger partial charge in [0.2, 0.25) is 6.41 Å². The number of amides is 1. The first-order valence-corrected chi connectivity index (χ1v) is 10.5. The molecule has 2 aromatic rings. The zero-order valence-corrected chi connectivity index (χ0v) is 16.5. The number of benzene rings is 2. The second-order valence-corrected chi connectivity index (χ2v) is 8.02. The molecule has 6 nitrogen and oxygen atoms in total. The topological polar surface area (TPSA) is 75.7 Å². The van der Waals surface area contributed by atoms with Crippen LogP contribution in [0.3, 0.4) is 0 Å². The van der Waals surface area contributed by atoms with Crippen molar-refractivity contribution in [2.24, 2.45) is 0 Å². The van der Waals surface area contributed by atoms with Gasteiger partial charge in [-0.25, -0.2) is 0 Å². The van der Waals surface area contributed by atoms with Crippen molar-refractivity contribution in [3.05, 3.63) is 54.1 Å². The van der Waals surface area contributed by atoms with Crippen LogP contribution in [0.25, 0.3) is 0 Å². The van der Waals surface area contributed by atoms with Gasteiger partial charge in [0.15, 0.2) is 0 Å². The van der Waals surface area contributed by atoms with Crippen LogP contribution < -0.4 is 14.6 Å². The van der Waals surface area contributed by atoms with Crippen LogP contribution in [-0.4, -0.2) is 21.4 Å². The van der Waals surface area contributed by atoms with E-state index in [1.54, 1.807) is 36.4 Å². The molecule has 0 heterocycles. The average Bonchev–Trinajstić information content (AvgIpc) is 2.67. The molecule has 0 radical (unpaired) electrons. The van der Waals surface area contributed by atoms with Gasteiger partial charge in [0, 0.05) is 0 Å². The molecule has 0 saturated carbocycles. The Kier molecular flexibility index (Phi) is 7.67. The maximum absolute atomic E-state index is 12.9. The highest BCUT2D eigenvalue weighted by Crippen LogP contribution is 2.24. The maximum atomic E-state index is 12.9. The minimum Gasteiger partial charge on any atom is -0.494 e. The fourth-order valence-corrected chi connectivity index (χ4v) is 3.81. The summed E-state index contributed by atoms with van der Waals surface area (Å²) < 4.78 is 32.3. The van der Waals surface area contributed by atoms with Crippen molar-refractivity contribution in [3.63, 3.8) is 0 Å². The third kappa shape index (κ3) is 5.72. The minimum absolute atomic E-state index is 0.0960. The van der Waals surface area contributed by atoms with Gasteiger partial charge in [-0.1, -0.05) is 43.9 Å². The predicted molar refractivity (Wildman–Crippen MR) is 106 cm³/mol. The molecule has 0 aliphatic carbocycles. The van der Waals surface area contributed by atoms with Gasteiger partial charge in [0.25, 0.3) is 10.0 Å². The standard InChI is InChI=1S/C20H26N2O4S/c1-3-4-5-6-15-26-19-11-9-18(10-12-19)22(21-16-23)27(24,25)20-13-7-17(2)8-14-20/h7-14,16H,3-6,15H2,1-2H3,(H,21,23). The van der Waals surface area contributed by atoms with Crippen molar-refractivity contribution in [3.8, 4) is 5.75 Å². The van der Waals surface area contributed by atoms with E-state index in [0.29, 0.717) is 24.5 Å². The van der Waals surface area contributed by atoms with Gasteiger partial charge in [-0.15, -0.1) is 0 Å². The molecule has 2 rings (SSSR count). The molecule has 7 heteroatoms. The summed E-state index contributed by atoms with van der Waals surface area (Å²) in [5.41, 5.74) is 3.53. The van der Waals surface area contributed by atoms with E-state index in [2.05, 4.69) is 12.3 Å². The molecule has 0 spiro atoms. The zero-order valence-electron chi connectivity index (χ0n) is 15.7. The van der Waals surface area contributed by atoms with Gasteiger partial charge in [0.1, 0.15) is 5.75 Å². The predicted octanol–water partition coefficient (Wildman–Crippen LogP) is 3.81. The number of aryl methyl sites for hydroxylation is 1. The van der Waals surface area contributed by atoms with E-state index in [1.807, 2.05) is 6.92 Å². The fourth-order valence-electron chi connectivity index (χ4n) is 2.54. The van der Waals surface area contributed by atoms with Crippen LogP contribution in [0.5, 0.6) is 5.75 Å². The van der Waals surface area contributed by atoms with Gasteiger partial charge in [0.05, 0.1) is 17.2 Å². The number of ether oxygens (including phenoxy) is 1. The van der Waals surface area contributed by atoms with E-state index < -0.39 is 10.0 Å². The van der Waals surface area contributed by atoms with E-state index >= 15 is 0 Å². The van der Waals surface area contributed by atoms with Gasteiger partial charge >= 0.3 is 0 Å². The van der Waals surface area contributed by atoms with Crippen LogP contribution >= 0.6 is 0 Å². The number of rotatable bonds is 11. The number of carbonyl (C=O) groups excluding carboxylic acids is 1. The first kappa shape index (κ1) is 20.8. The molecule has 0 aromatic heterocycles. The molecule has 0 fully saturated rings. The molecule has 0 aliphatic heterocycles. The van der Waals surface area contributed by atoms with Crippen LogP contribution in [0.4, 0.5) is 5.69 Å². The Hall–Kier alpha value is -2.54. The Morgan fingerprint density at radius 2 is 1.67 bits per heavy atom. The molecule has 0 bridgehead atoms. The SMILES string of the molecule is CCCCCCOc1ccc(N(NC=O)S(=O)(=O)c2ccc(C)cc2)cc1. The van der Waals surface area contributed by atoms with Crippen LogP contribution in [0.15, 0.2) is 53.4 Å². The van der Waals surface area contributed by atoms with Crippen LogP contribution in [0.1, 0.15) is 38.2 Å². The highest BCUT2D eigenvalue weighted by Gasteiger charge is 2.25. The number of carbonyl (C=O) groups is 1. The molecule has 0 saturated heterocycles. The summed E-state index contributed by atoms with van der Waals surface area (Å²) in [6.45, 7) is 4.65. The summed E-state index contributed by atoms with van der Waals surface area (Å²) in [5.74, 6) is 0.661. The quantitative estimate of drug-likeness (QED) is 0.360. The summed E-state index contributed by atoms with van der Waals surface area (Å²) in [5, 5.41) is 0. The number of hydrazine groups is 1. The highest BCUT2D eigenvalue weighted by atomic mass is 32.2. The number of hydrogen-bond donors (Lipinski definition) is 1. The van der Waals surface area contributed by atoms with Crippen molar-refractivity contribution in [1.82, 2.24) is 5.43 Å². The largest absolute Gasteiger partial charge is 0.494 e. The lowest BCUT2D eigenvalue weighted by Gasteiger charge is -2.23. The fraction of sp³-hybridized carbons (Fsp3) is 0.350. The number of hydrogen-bond acceptors (Lipinski definition) is 4. The van der Waals surface area contributed by atoms with E-state index in [4.69, 9.17) is 4.74 Å². The minimum atomic E-state index is -3.92. The Bertz CT molecular complexity index is 818. The summed E-state index contributed by atoms with van der Waals surface area (Å²) >= 11 is 0. The second kappa shape index (κ2) is 9.97. The first-order valence-electron chi connectivity index (χ1n) is 9.03. The first-order chi connectivity index (χ1) is 13.0. The van der Waals surface area contributed by atoms with Crippen molar-refractivity contribution < 1.29 is 17.9 Å². The van der Waals surface area contributed by atoms with Crippen molar-refractivity contribution in [2.45, 2.75) is 44.4 Å². The molecular formula is C20H26N2O4S. The molecule has 1 amide bonds. The molecule has 0 unspecified atom stereocenters. The molecule has 1 N–H and O–H groups in total. The third-order valence-electron chi connectivity index (χ3n) is 4.07. The second-order valence-electron chi connectivity index (χ2n) is 6.23. The van der Waals surface area contributed by atoms with Crippen molar-refractivity contribution >= 4 is 22.1 Å². The lowest BCUT2D eigenvalue weighted by Crippen LogP contribution is -2.42. The normalized spacial score (nSPS) is 11.0. The molecule has 0 aliphatic rings. The van der Waals surface area contributed by atoms with Gasteiger partial charge in [-0.3, -0.25) is 10.2 Å². The van der Waals surface area contributed by atoms with Crippen molar-refractivity contribution in [2.75, 3.05) is 11.0 Å². The third-order valence-corrected chi connectivity index (χ3v) is 5.73. The van der Waals surface area contributed by atoms with E-state index in [0.717, 1.165) is 22.8 Å². The van der Waals surface area contributed by atoms with Crippen LogP contribution in [0, 0.1) is 6.92 Å². The maximum Gasteiger partial charge on any atom is 0.281 e. The van der Waals surface area contributed by atoms with E-state index in [9.17, 15) is 13.2 Å². The summed E-state index contributed by atoms with van der Waals surface area (Å²) in [6, 6.07) is 13.0. The van der Waals surface area contributed by atoms with Gasteiger partial charge < -0.3 is 4.74 Å². The number of unbranched alkanes of at least 4 members (excludes halogenated alkanes) is 3. The monoisotopic (exact) mass is 390 g/mol. The zero-order chi connectivity index (χ0) is 19.7. The summed E-state index contributed by atoms with van der Waals surface area (Å²) in [7, 11) is -3.92. The van der Waals surface area contributed by atoms with Crippen LogP contribution in [-0.2, 0) is 14.8 Å².